The summed E-state index contributed by atoms with van der Waals surface area (Å²) in [6.45, 7) is 15.4. The van der Waals surface area contributed by atoms with Crippen LogP contribution in [0.4, 0.5) is 0 Å². The lowest BCUT2D eigenvalue weighted by Gasteiger charge is -2.35. The zero-order valence-corrected chi connectivity index (χ0v) is 15.1. The first kappa shape index (κ1) is 18.2. The summed E-state index contributed by atoms with van der Waals surface area (Å²) in [5.41, 5.74) is 0. The van der Waals surface area contributed by atoms with Crippen molar-refractivity contribution in [3.05, 3.63) is 0 Å². The third kappa shape index (κ3) is 6.53. The van der Waals surface area contributed by atoms with E-state index in [0.29, 0.717) is 6.10 Å². The lowest BCUT2D eigenvalue weighted by Crippen LogP contribution is -2.45. The molecule has 0 aromatic carbocycles. The smallest absolute Gasteiger partial charge is 0.0705 e. The molecule has 4 heteroatoms. The van der Waals surface area contributed by atoms with Crippen LogP contribution in [0.1, 0.15) is 39.5 Å². The van der Waals surface area contributed by atoms with E-state index in [-0.39, 0.29) is 0 Å². The van der Waals surface area contributed by atoms with Gasteiger partial charge < -0.3 is 14.5 Å². The van der Waals surface area contributed by atoms with Crippen LogP contribution in [0.15, 0.2) is 0 Å². The van der Waals surface area contributed by atoms with Crippen molar-refractivity contribution in [1.82, 2.24) is 14.7 Å². The van der Waals surface area contributed by atoms with Crippen molar-refractivity contribution in [3.63, 3.8) is 0 Å². The van der Waals surface area contributed by atoms with E-state index in [9.17, 15) is 0 Å². The van der Waals surface area contributed by atoms with Crippen LogP contribution in [0.3, 0.4) is 0 Å². The number of piperazine rings is 1. The van der Waals surface area contributed by atoms with Gasteiger partial charge in [-0.1, -0.05) is 20.3 Å². The van der Waals surface area contributed by atoms with Gasteiger partial charge in [-0.15, -0.1) is 0 Å². The molecule has 2 fully saturated rings. The third-order valence-corrected chi connectivity index (χ3v) is 5.25. The number of hydrogen-bond donors (Lipinski definition) is 0. The highest BCUT2D eigenvalue weighted by Crippen LogP contribution is 2.18. The highest BCUT2D eigenvalue weighted by molar-refractivity contribution is 4.75. The molecule has 2 saturated heterocycles. The van der Waals surface area contributed by atoms with Crippen LogP contribution in [-0.4, -0.2) is 86.8 Å². The van der Waals surface area contributed by atoms with Crippen molar-refractivity contribution >= 4 is 0 Å². The molecule has 4 nitrogen and oxygen atoms in total. The molecule has 0 radical (unpaired) electrons. The lowest BCUT2D eigenvalue weighted by atomic mass is 9.98. The van der Waals surface area contributed by atoms with Crippen molar-refractivity contribution in [1.29, 1.82) is 0 Å². The minimum Gasteiger partial charge on any atom is -0.376 e. The Bertz CT molecular complexity index is 292. The van der Waals surface area contributed by atoms with Gasteiger partial charge in [-0.2, -0.15) is 0 Å². The number of ether oxygens (including phenoxy) is 1. The molecule has 2 rings (SSSR count). The maximum absolute atomic E-state index is 6.00. The van der Waals surface area contributed by atoms with E-state index in [1.54, 1.807) is 0 Å². The molecule has 0 N–H and O–H groups in total. The Morgan fingerprint density at radius 2 is 1.82 bits per heavy atom. The molecule has 0 aromatic heterocycles. The molecule has 2 aliphatic heterocycles. The maximum Gasteiger partial charge on any atom is 0.0705 e. The van der Waals surface area contributed by atoms with Gasteiger partial charge in [-0.05, 0) is 45.3 Å². The lowest BCUT2D eigenvalue weighted by molar-refractivity contribution is -0.0393. The zero-order valence-electron chi connectivity index (χ0n) is 15.1. The summed E-state index contributed by atoms with van der Waals surface area (Å²) in [6, 6.07) is 0. The Morgan fingerprint density at radius 1 is 1.05 bits per heavy atom. The first-order valence-electron chi connectivity index (χ1n) is 9.42. The fraction of sp³-hybridized carbons (Fsp3) is 1.00. The van der Waals surface area contributed by atoms with E-state index in [4.69, 9.17) is 4.74 Å². The van der Waals surface area contributed by atoms with Crippen LogP contribution in [-0.2, 0) is 4.74 Å². The van der Waals surface area contributed by atoms with E-state index in [1.807, 2.05) is 0 Å². The first-order valence-corrected chi connectivity index (χ1v) is 9.42. The predicted octanol–water partition coefficient (Wildman–Crippen LogP) is 2.15. The van der Waals surface area contributed by atoms with Crippen LogP contribution < -0.4 is 0 Å². The summed E-state index contributed by atoms with van der Waals surface area (Å²) in [6.07, 6.45) is 5.64. The molecule has 2 aliphatic rings. The number of rotatable bonds is 8. The van der Waals surface area contributed by atoms with E-state index < -0.39 is 0 Å². The molecule has 22 heavy (non-hydrogen) atoms. The molecule has 2 atom stereocenters. The van der Waals surface area contributed by atoms with Gasteiger partial charge in [0, 0.05) is 39.3 Å². The molecule has 0 bridgehead atoms. The maximum atomic E-state index is 6.00. The molecule has 130 valence electrons. The molecular formula is C18H37N3O. The summed E-state index contributed by atoms with van der Waals surface area (Å²) in [7, 11) is 2.23. The van der Waals surface area contributed by atoms with Crippen molar-refractivity contribution in [3.8, 4) is 0 Å². The Hall–Kier alpha value is -0.160. The van der Waals surface area contributed by atoms with Gasteiger partial charge in [-0.25, -0.2) is 0 Å². The van der Waals surface area contributed by atoms with Gasteiger partial charge in [0.05, 0.1) is 12.7 Å². The summed E-state index contributed by atoms with van der Waals surface area (Å²) in [4.78, 5) is 7.66. The van der Waals surface area contributed by atoms with Crippen molar-refractivity contribution < 1.29 is 4.74 Å². The van der Waals surface area contributed by atoms with Gasteiger partial charge >= 0.3 is 0 Å². The number of morpholine rings is 1. The van der Waals surface area contributed by atoms with Crippen LogP contribution in [0.5, 0.6) is 0 Å². The Kier molecular flexibility index (Phi) is 8.15. The van der Waals surface area contributed by atoms with Crippen LogP contribution in [0, 0.1) is 5.92 Å². The second kappa shape index (κ2) is 9.86. The van der Waals surface area contributed by atoms with Gasteiger partial charge in [-0.3, -0.25) is 4.90 Å². The van der Waals surface area contributed by atoms with Gasteiger partial charge in [0.1, 0.15) is 0 Å². The van der Waals surface area contributed by atoms with E-state index >= 15 is 0 Å². The minimum absolute atomic E-state index is 0.466. The second-order valence-electron chi connectivity index (χ2n) is 7.42. The van der Waals surface area contributed by atoms with Gasteiger partial charge in [0.25, 0.3) is 0 Å². The molecule has 2 heterocycles. The normalized spacial score (nSPS) is 27.1. The molecule has 0 aliphatic carbocycles. The Labute approximate surface area is 137 Å². The van der Waals surface area contributed by atoms with Crippen LogP contribution in [0.25, 0.3) is 0 Å². The predicted molar refractivity (Wildman–Crippen MR) is 93.4 cm³/mol. The van der Waals surface area contributed by atoms with Gasteiger partial charge in [0.2, 0.25) is 0 Å². The number of nitrogens with zero attached hydrogens (tertiary/aromatic N) is 3. The highest BCUT2D eigenvalue weighted by atomic mass is 16.5. The summed E-state index contributed by atoms with van der Waals surface area (Å²) < 4.78 is 6.00. The van der Waals surface area contributed by atoms with E-state index in [0.717, 1.165) is 25.6 Å². The second-order valence-corrected chi connectivity index (χ2v) is 7.42. The summed E-state index contributed by atoms with van der Waals surface area (Å²) in [5.74, 6) is 0.774. The van der Waals surface area contributed by atoms with Crippen molar-refractivity contribution in [2.75, 3.05) is 66.0 Å². The molecular weight excluding hydrogens is 274 g/mol. The Morgan fingerprint density at radius 3 is 2.55 bits per heavy atom. The highest BCUT2D eigenvalue weighted by Gasteiger charge is 2.22. The minimum atomic E-state index is 0.466. The molecule has 2 unspecified atom stereocenters. The number of likely N-dealkylation sites (N-methyl/N-ethyl adjacent to an activating group) is 1. The topological polar surface area (TPSA) is 19.0 Å². The average Bonchev–Trinajstić information content (AvgIpc) is 2.53. The average molecular weight is 312 g/mol. The SMILES string of the molecule is CCCCN1CCOC(CC(C)CCN2CCN(C)CC2)C1. The van der Waals surface area contributed by atoms with Crippen LogP contribution in [0.2, 0.25) is 0 Å². The van der Waals surface area contributed by atoms with E-state index in [1.165, 1.54) is 65.0 Å². The summed E-state index contributed by atoms with van der Waals surface area (Å²) >= 11 is 0. The number of unbranched alkanes of at least 4 members (excludes halogenated alkanes) is 1. The van der Waals surface area contributed by atoms with Crippen molar-refractivity contribution in [2.24, 2.45) is 5.92 Å². The third-order valence-electron chi connectivity index (χ3n) is 5.25. The standard InChI is InChI=1S/C18H37N3O/c1-4-5-7-21-13-14-22-18(16-21)15-17(2)6-8-20-11-9-19(3)10-12-20/h17-18H,4-16H2,1-3H3. The van der Waals surface area contributed by atoms with E-state index in [2.05, 4.69) is 35.6 Å². The molecule has 0 saturated carbocycles. The first-order chi connectivity index (χ1) is 10.7. The fourth-order valence-electron chi connectivity index (χ4n) is 3.55. The fourth-order valence-corrected chi connectivity index (χ4v) is 3.55. The molecule has 0 amide bonds. The van der Waals surface area contributed by atoms with Crippen LogP contribution >= 0.6 is 0 Å². The largest absolute Gasteiger partial charge is 0.376 e. The molecule has 0 aromatic rings. The van der Waals surface area contributed by atoms with Gasteiger partial charge in [0.15, 0.2) is 0 Å². The quantitative estimate of drug-likeness (QED) is 0.684. The Balaban J connectivity index is 1.60. The van der Waals surface area contributed by atoms with Crippen molar-refractivity contribution in [2.45, 2.75) is 45.6 Å². The number of hydrogen-bond acceptors (Lipinski definition) is 4. The molecule has 0 spiro atoms. The zero-order chi connectivity index (χ0) is 15.8. The monoisotopic (exact) mass is 311 g/mol. The summed E-state index contributed by atoms with van der Waals surface area (Å²) in [5, 5.41) is 0.